The number of hydrogen-bond donors (Lipinski definition) is 2. The molecule has 0 aliphatic rings. The fourth-order valence-corrected chi connectivity index (χ4v) is 5.77. The highest BCUT2D eigenvalue weighted by atomic mass is 32.2. The summed E-state index contributed by atoms with van der Waals surface area (Å²) in [5.74, 6) is 0. The number of rotatable bonds is 8. The van der Waals surface area contributed by atoms with Gasteiger partial charge < -0.3 is 0 Å². The van der Waals surface area contributed by atoms with E-state index in [2.05, 4.69) is 14.9 Å². The molecule has 0 amide bonds. The Morgan fingerprint density at radius 1 is 1.03 bits per heavy atom. The summed E-state index contributed by atoms with van der Waals surface area (Å²) < 4.78 is 28.2. The van der Waals surface area contributed by atoms with Crippen LogP contribution in [-0.4, -0.2) is 25.2 Å². The summed E-state index contributed by atoms with van der Waals surface area (Å²) in [5.41, 5.74) is 3.87. The highest BCUT2D eigenvalue weighted by Gasteiger charge is 2.19. The quantitative estimate of drug-likeness (QED) is 0.405. The van der Waals surface area contributed by atoms with Gasteiger partial charge >= 0.3 is 0 Å². The van der Waals surface area contributed by atoms with Gasteiger partial charge in [-0.25, -0.2) is 13.1 Å². The summed E-state index contributed by atoms with van der Waals surface area (Å²) in [6.07, 6.45) is 1.34. The molecule has 8 heteroatoms. The van der Waals surface area contributed by atoms with Crippen LogP contribution < -0.4 is 4.72 Å². The standard InChI is InChI=1S/C21H21N3O2S3/c1-2-15-6-3-7-16(14-15)29(25,26)22-11-10-17-20(18-8-4-12-27-18)23-24-21(17)19-9-5-13-28-19/h3-9,12-14,22H,2,10-11H2,1H3,(H,23,24). The third-order valence-corrected chi connectivity index (χ3v) is 7.90. The zero-order chi connectivity index (χ0) is 20.3. The Kier molecular flexibility index (Phi) is 5.96. The number of sulfonamides is 1. The van der Waals surface area contributed by atoms with Crippen molar-refractivity contribution in [1.82, 2.24) is 14.9 Å². The van der Waals surface area contributed by atoms with E-state index in [1.807, 2.05) is 48.0 Å². The molecule has 0 fully saturated rings. The number of hydrogen-bond acceptors (Lipinski definition) is 5. The highest BCUT2D eigenvalue weighted by Crippen LogP contribution is 2.34. The molecule has 0 unspecified atom stereocenters. The van der Waals surface area contributed by atoms with Crippen LogP contribution >= 0.6 is 22.7 Å². The summed E-state index contributed by atoms with van der Waals surface area (Å²) >= 11 is 3.26. The molecule has 0 aliphatic carbocycles. The van der Waals surface area contributed by atoms with Gasteiger partial charge in [-0.3, -0.25) is 5.10 Å². The van der Waals surface area contributed by atoms with E-state index in [0.29, 0.717) is 17.9 Å². The SMILES string of the molecule is CCc1cccc(S(=O)(=O)NCCc2c(-c3cccs3)n[nH]c2-c2cccs2)c1. The maximum Gasteiger partial charge on any atom is 0.240 e. The Balaban J connectivity index is 1.57. The van der Waals surface area contributed by atoms with Crippen LogP contribution in [0.15, 0.2) is 64.2 Å². The van der Waals surface area contributed by atoms with Crippen molar-refractivity contribution in [2.75, 3.05) is 6.54 Å². The van der Waals surface area contributed by atoms with Gasteiger partial charge in [0, 0.05) is 12.1 Å². The van der Waals surface area contributed by atoms with Crippen molar-refractivity contribution in [3.05, 3.63) is 70.4 Å². The van der Waals surface area contributed by atoms with Gasteiger partial charge in [-0.05, 0) is 53.4 Å². The number of aromatic nitrogens is 2. The van der Waals surface area contributed by atoms with Gasteiger partial charge in [-0.1, -0.05) is 31.2 Å². The second kappa shape index (κ2) is 8.62. The average Bonchev–Trinajstić information content (AvgIpc) is 3.48. The lowest BCUT2D eigenvalue weighted by Crippen LogP contribution is -2.26. The topological polar surface area (TPSA) is 74.8 Å². The van der Waals surface area contributed by atoms with E-state index < -0.39 is 10.0 Å². The number of H-pyrrole nitrogens is 1. The van der Waals surface area contributed by atoms with Gasteiger partial charge in [0.25, 0.3) is 0 Å². The van der Waals surface area contributed by atoms with Crippen molar-refractivity contribution in [2.24, 2.45) is 0 Å². The summed E-state index contributed by atoms with van der Waals surface area (Å²) in [6, 6.07) is 15.1. The van der Waals surface area contributed by atoms with Crippen LogP contribution in [-0.2, 0) is 22.9 Å². The van der Waals surface area contributed by atoms with Crippen molar-refractivity contribution in [1.29, 1.82) is 0 Å². The van der Waals surface area contributed by atoms with Crippen LogP contribution in [0.2, 0.25) is 0 Å². The molecule has 0 radical (unpaired) electrons. The maximum absolute atomic E-state index is 12.7. The fraction of sp³-hybridized carbons (Fsp3) is 0.190. The van der Waals surface area contributed by atoms with E-state index in [0.717, 1.165) is 38.7 Å². The van der Waals surface area contributed by atoms with E-state index in [1.54, 1.807) is 40.9 Å². The molecule has 4 rings (SSSR count). The minimum absolute atomic E-state index is 0.301. The normalized spacial score (nSPS) is 11.8. The summed E-state index contributed by atoms with van der Waals surface area (Å²) in [7, 11) is -3.55. The van der Waals surface area contributed by atoms with Gasteiger partial charge in [0.15, 0.2) is 0 Å². The van der Waals surface area contributed by atoms with Gasteiger partial charge in [0.2, 0.25) is 10.0 Å². The second-order valence-electron chi connectivity index (χ2n) is 6.53. The molecule has 5 nitrogen and oxygen atoms in total. The van der Waals surface area contributed by atoms with Gasteiger partial charge in [-0.15, -0.1) is 22.7 Å². The second-order valence-corrected chi connectivity index (χ2v) is 10.2. The summed E-state index contributed by atoms with van der Waals surface area (Å²) in [6.45, 7) is 2.31. The Morgan fingerprint density at radius 3 is 2.48 bits per heavy atom. The minimum atomic E-state index is -3.55. The molecule has 3 aromatic heterocycles. The number of nitrogens with one attached hydrogen (secondary N) is 2. The van der Waals surface area contributed by atoms with Crippen LogP contribution in [0.3, 0.4) is 0 Å². The van der Waals surface area contributed by atoms with Crippen LogP contribution in [0.4, 0.5) is 0 Å². The number of thiophene rings is 2. The molecule has 0 aliphatic heterocycles. The lowest BCUT2D eigenvalue weighted by atomic mass is 10.1. The van der Waals surface area contributed by atoms with Gasteiger partial charge in [0.05, 0.1) is 20.3 Å². The smallest absolute Gasteiger partial charge is 0.240 e. The molecule has 0 saturated heterocycles. The Bertz CT molecular complexity index is 1130. The molecule has 0 bridgehead atoms. The van der Waals surface area contributed by atoms with Crippen molar-refractivity contribution >= 4 is 32.7 Å². The Labute approximate surface area is 178 Å². The molecule has 4 aromatic rings. The van der Waals surface area contributed by atoms with E-state index in [1.165, 1.54) is 0 Å². The van der Waals surface area contributed by atoms with Crippen molar-refractivity contribution in [3.8, 4) is 21.1 Å². The molecule has 3 heterocycles. The molecule has 150 valence electrons. The Hall–Kier alpha value is -2.26. The number of aryl methyl sites for hydroxylation is 1. The monoisotopic (exact) mass is 443 g/mol. The van der Waals surface area contributed by atoms with E-state index in [-0.39, 0.29) is 0 Å². The zero-order valence-corrected chi connectivity index (χ0v) is 18.3. The fourth-order valence-electron chi connectivity index (χ4n) is 3.18. The first-order valence-electron chi connectivity index (χ1n) is 9.32. The largest absolute Gasteiger partial charge is 0.276 e. The predicted molar refractivity (Wildman–Crippen MR) is 120 cm³/mol. The molecule has 0 spiro atoms. The number of benzene rings is 1. The summed E-state index contributed by atoms with van der Waals surface area (Å²) in [5, 5.41) is 11.7. The van der Waals surface area contributed by atoms with E-state index in [9.17, 15) is 8.42 Å². The summed E-state index contributed by atoms with van der Waals surface area (Å²) in [4.78, 5) is 2.47. The molecule has 2 N–H and O–H groups in total. The van der Waals surface area contributed by atoms with Gasteiger partial charge in [0.1, 0.15) is 5.69 Å². The third-order valence-electron chi connectivity index (χ3n) is 4.67. The maximum atomic E-state index is 12.7. The van der Waals surface area contributed by atoms with Crippen molar-refractivity contribution in [2.45, 2.75) is 24.7 Å². The van der Waals surface area contributed by atoms with E-state index >= 15 is 0 Å². The van der Waals surface area contributed by atoms with Crippen molar-refractivity contribution < 1.29 is 8.42 Å². The number of aromatic amines is 1. The first kappa shape index (κ1) is 20.0. The molecule has 1 aromatic carbocycles. The Morgan fingerprint density at radius 2 is 1.79 bits per heavy atom. The lowest BCUT2D eigenvalue weighted by Gasteiger charge is -2.09. The number of nitrogens with zero attached hydrogens (tertiary/aromatic N) is 1. The van der Waals surface area contributed by atoms with Crippen LogP contribution in [0.1, 0.15) is 18.1 Å². The van der Waals surface area contributed by atoms with Crippen LogP contribution in [0, 0.1) is 0 Å². The molecule has 0 atom stereocenters. The van der Waals surface area contributed by atoms with E-state index in [4.69, 9.17) is 0 Å². The highest BCUT2D eigenvalue weighted by molar-refractivity contribution is 7.89. The molecule has 0 saturated carbocycles. The minimum Gasteiger partial charge on any atom is -0.276 e. The lowest BCUT2D eigenvalue weighted by molar-refractivity contribution is 0.581. The molecular weight excluding hydrogens is 422 g/mol. The van der Waals surface area contributed by atoms with Crippen LogP contribution in [0.5, 0.6) is 0 Å². The predicted octanol–water partition coefficient (Wildman–Crippen LogP) is 4.95. The van der Waals surface area contributed by atoms with Crippen LogP contribution in [0.25, 0.3) is 21.1 Å². The first-order valence-corrected chi connectivity index (χ1v) is 12.6. The van der Waals surface area contributed by atoms with Gasteiger partial charge in [-0.2, -0.15) is 5.10 Å². The first-order chi connectivity index (χ1) is 14.1. The zero-order valence-electron chi connectivity index (χ0n) is 15.9. The average molecular weight is 444 g/mol. The molecule has 29 heavy (non-hydrogen) atoms. The van der Waals surface area contributed by atoms with Crippen molar-refractivity contribution in [3.63, 3.8) is 0 Å². The third kappa shape index (κ3) is 4.35. The molecular formula is C21H21N3O2S3.